The number of ether oxygens (including phenoxy) is 1. The molecule has 2 aromatic rings. The highest BCUT2D eigenvalue weighted by atomic mass is 16.5. The Morgan fingerprint density at radius 3 is 2.37 bits per heavy atom. The average Bonchev–Trinajstić information content (AvgIpc) is 2.48. The van der Waals surface area contributed by atoms with E-state index in [9.17, 15) is 4.79 Å². The maximum absolute atomic E-state index is 11.4. The molecule has 4 nitrogen and oxygen atoms in total. The van der Waals surface area contributed by atoms with Gasteiger partial charge in [0, 0.05) is 6.42 Å². The second kappa shape index (κ2) is 6.11. The van der Waals surface area contributed by atoms with Crippen molar-refractivity contribution in [3.8, 4) is 11.5 Å². The molecule has 1 heterocycles. The third-order valence-corrected chi connectivity index (χ3v) is 2.68. The SMILES string of the molecule is CCC(=O)c1ccc(Oc2ccc(CO)cc2)cn1. The van der Waals surface area contributed by atoms with Crippen LogP contribution >= 0.6 is 0 Å². The maximum Gasteiger partial charge on any atom is 0.180 e. The van der Waals surface area contributed by atoms with Gasteiger partial charge in [-0.3, -0.25) is 4.79 Å². The quantitative estimate of drug-likeness (QED) is 0.836. The van der Waals surface area contributed by atoms with Gasteiger partial charge in [0.15, 0.2) is 5.78 Å². The van der Waals surface area contributed by atoms with Crippen LogP contribution in [0.15, 0.2) is 42.6 Å². The molecule has 19 heavy (non-hydrogen) atoms. The molecule has 1 N–H and O–H groups in total. The third-order valence-electron chi connectivity index (χ3n) is 2.68. The molecule has 1 aromatic heterocycles. The van der Waals surface area contributed by atoms with Crippen LogP contribution in [0.3, 0.4) is 0 Å². The summed E-state index contributed by atoms with van der Waals surface area (Å²) in [4.78, 5) is 15.5. The number of benzene rings is 1. The first-order chi connectivity index (χ1) is 9.22. The first-order valence-corrected chi connectivity index (χ1v) is 6.10. The molecule has 0 saturated carbocycles. The summed E-state index contributed by atoms with van der Waals surface area (Å²) < 4.78 is 5.59. The highest BCUT2D eigenvalue weighted by Crippen LogP contribution is 2.21. The fraction of sp³-hybridized carbons (Fsp3) is 0.200. The largest absolute Gasteiger partial charge is 0.456 e. The zero-order valence-corrected chi connectivity index (χ0v) is 10.7. The molecule has 0 aliphatic heterocycles. The third kappa shape index (κ3) is 3.39. The van der Waals surface area contributed by atoms with Gasteiger partial charge in [-0.2, -0.15) is 0 Å². The number of aliphatic hydroxyl groups excluding tert-OH is 1. The van der Waals surface area contributed by atoms with E-state index in [1.807, 2.05) is 0 Å². The van der Waals surface area contributed by atoms with E-state index in [0.717, 1.165) is 5.56 Å². The van der Waals surface area contributed by atoms with Crippen LogP contribution in [0.2, 0.25) is 0 Å². The Morgan fingerprint density at radius 2 is 1.84 bits per heavy atom. The number of carbonyl (C=O) groups is 1. The van der Waals surface area contributed by atoms with E-state index < -0.39 is 0 Å². The van der Waals surface area contributed by atoms with Gasteiger partial charge in [-0.05, 0) is 29.8 Å². The Bertz CT molecular complexity index is 547. The van der Waals surface area contributed by atoms with Crippen LogP contribution in [-0.2, 0) is 6.61 Å². The Hall–Kier alpha value is -2.20. The number of ketones is 1. The minimum absolute atomic E-state index is 0.00959. The summed E-state index contributed by atoms with van der Waals surface area (Å²) in [6, 6.07) is 10.5. The second-order valence-electron chi connectivity index (χ2n) is 4.06. The zero-order valence-electron chi connectivity index (χ0n) is 10.7. The van der Waals surface area contributed by atoms with Crippen LogP contribution in [0.25, 0.3) is 0 Å². The van der Waals surface area contributed by atoms with E-state index in [-0.39, 0.29) is 12.4 Å². The van der Waals surface area contributed by atoms with Crippen molar-refractivity contribution in [2.75, 3.05) is 0 Å². The summed E-state index contributed by atoms with van der Waals surface area (Å²) in [5.41, 5.74) is 1.28. The summed E-state index contributed by atoms with van der Waals surface area (Å²) in [5.74, 6) is 1.25. The first-order valence-electron chi connectivity index (χ1n) is 6.10. The topological polar surface area (TPSA) is 59.4 Å². The van der Waals surface area contributed by atoms with Crippen molar-refractivity contribution < 1.29 is 14.6 Å². The molecule has 0 saturated heterocycles. The van der Waals surface area contributed by atoms with Gasteiger partial charge in [0.05, 0.1) is 12.8 Å². The van der Waals surface area contributed by atoms with Crippen molar-refractivity contribution in [2.45, 2.75) is 20.0 Å². The van der Waals surface area contributed by atoms with Crippen molar-refractivity contribution in [1.29, 1.82) is 0 Å². The lowest BCUT2D eigenvalue weighted by molar-refractivity contribution is 0.0983. The fourth-order valence-corrected chi connectivity index (χ4v) is 1.59. The van der Waals surface area contributed by atoms with Gasteiger partial charge < -0.3 is 9.84 Å². The molecule has 0 atom stereocenters. The highest BCUT2D eigenvalue weighted by molar-refractivity contribution is 5.93. The molecule has 0 unspecified atom stereocenters. The number of nitrogens with zero attached hydrogens (tertiary/aromatic N) is 1. The zero-order chi connectivity index (χ0) is 13.7. The molecule has 4 heteroatoms. The van der Waals surface area contributed by atoms with Crippen LogP contribution in [0.1, 0.15) is 29.4 Å². The Kier molecular flexibility index (Phi) is 4.26. The van der Waals surface area contributed by atoms with Crippen LogP contribution in [0.5, 0.6) is 11.5 Å². The molecule has 0 bridgehead atoms. The number of hydrogen-bond acceptors (Lipinski definition) is 4. The van der Waals surface area contributed by atoms with Crippen molar-refractivity contribution >= 4 is 5.78 Å². The van der Waals surface area contributed by atoms with Gasteiger partial charge in [-0.25, -0.2) is 4.98 Å². The van der Waals surface area contributed by atoms with E-state index in [1.165, 1.54) is 6.20 Å². The summed E-state index contributed by atoms with van der Waals surface area (Å²) in [7, 11) is 0. The van der Waals surface area contributed by atoms with E-state index >= 15 is 0 Å². The predicted octanol–water partition coefficient (Wildman–Crippen LogP) is 2.96. The van der Waals surface area contributed by atoms with Crippen LogP contribution in [0, 0.1) is 0 Å². The van der Waals surface area contributed by atoms with Gasteiger partial charge in [-0.1, -0.05) is 19.1 Å². The summed E-state index contributed by atoms with van der Waals surface area (Å²) >= 11 is 0. The Balaban J connectivity index is 2.08. The van der Waals surface area contributed by atoms with E-state index in [1.54, 1.807) is 43.3 Å². The molecule has 1 aromatic carbocycles. The molecule has 2 rings (SSSR count). The lowest BCUT2D eigenvalue weighted by atomic mass is 10.2. The molecule has 0 radical (unpaired) electrons. The smallest absolute Gasteiger partial charge is 0.180 e. The lowest BCUT2D eigenvalue weighted by Gasteiger charge is -2.06. The van der Waals surface area contributed by atoms with E-state index in [0.29, 0.717) is 23.6 Å². The average molecular weight is 257 g/mol. The van der Waals surface area contributed by atoms with E-state index in [4.69, 9.17) is 9.84 Å². The number of pyridine rings is 1. The summed E-state index contributed by atoms with van der Waals surface area (Å²) in [6.07, 6.45) is 1.97. The van der Waals surface area contributed by atoms with Gasteiger partial charge in [0.1, 0.15) is 17.2 Å². The standard InChI is InChI=1S/C15H15NO3/c1-2-15(18)14-8-7-13(9-16-14)19-12-5-3-11(10-17)4-6-12/h3-9,17H,2,10H2,1H3. The molecular weight excluding hydrogens is 242 g/mol. The van der Waals surface area contributed by atoms with Crippen molar-refractivity contribution in [3.63, 3.8) is 0 Å². The number of aliphatic hydroxyl groups is 1. The van der Waals surface area contributed by atoms with Crippen molar-refractivity contribution in [2.24, 2.45) is 0 Å². The number of carbonyl (C=O) groups excluding carboxylic acids is 1. The van der Waals surface area contributed by atoms with Crippen LogP contribution in [-0.4, -0.2) is 15.9 Å². The van der Waals surface area contributed by atoms with Crippen LogP contribution in [0.4, 0.5) is 0 Å². The second-order valence-corrected chi connectivity index (χ2v) is 4.06. The first kappa shape index (κ1) is 13.2. The van der Waals surface area contributed by atoms with Crippen molar-refractivity contribution in [3.05, 3.63) is 53.9 Å². The molecule has 0 aliphatic carbocycles. The molecule has 0 amide bonds. The Morgan fingerprint density at radius 1 is 1.16 bits per heavy atom. The summed E-state index contributed by atoms with van der Waals surface area (Å²) in [6.45, 7) is 1.81. The highest BCUT2D eigenvalue weighted by Gasteiger charge is 2.05. The number of Topliss-reactive ketones (excluding diaryl/α,β-unsaturated/α-hetero) is 1. The van der Waals surface area contributed by atoms with Gasteiger partial charge in [0.25, 0.3) is 0 Å². The normalized spacial score (nSPS) is 10.2. The van der Waals surface area contributed by atoms with Crippen molar-refractivity contribution in [1.82, 2.24) is 4.98 Å². The minimum atomic E-state index is 0.00959. The Labute approximate surface area is 111 Å². The maximum atomic E-state index is 11.4. The van der Waals surface area contributed by atoms with E-state index in [2.05, 4.69) is 4.98 Å². The molecular formula is C15H15NO3. The van der Waals surface area contributed by atoms with Gasteiger partial charge >= 0.3 is 0 Å². The number of rotatable bonds is 5. The molecule has 98 valence electrons. The van der Waals surface area contributed by atoms with Gasteiger partial charge in [0.2, 0.25) is 0 Å². The molecule has 0 aliphatic rings. The number of aromatic nitrogens is 1. The van der Waals surface area contributed by atoms with Gasteiger partial charge in [-0.15, -0.1) is 0 Å². The lowest BCUT2D eigenvalue weighted by Crippen LogP contribution is -1.99. The summed E-state index contributed by atoms with van der Waals surface area (Å²) in [5, 5.41) is 8.94. The fourth-order valence-electron chi connectivity index (χ4n) is 1.59. The number of hydrogen-bond donors (Lipinski definition) is 1. The van der Waals surface area contributed by atoms with Crippen LogP contribution < -0.4 is 4.74 Å². The molecule has 0 fully saturated rings. The molecule has 0 spiro atoms. The predicted molar refractivity (Wildman–Crippen MR) is 71.3 cm³/mol. The monoisotopic (exact) mass is 257 g/mol. The minimum Gasteiger partial charge on any atom is -0.456 e.